The molecule has 0 unspecified atom stereocenters. The number of hydrogen-bond acceptors (Lipinski definition) is 5. The van der Waals surface area contributed by atoms with Gasteiger partial charge in [-0.3, -0.25) is 14.4 Å². The lowest BCUT2D eigenvalue weighted by atomic mass is 10.1. The zero-order chi connectivity index (χ0) is 18.9. The van der Waals surface area contributed by atoms with E-state index in [9.17, 15) is 14.4 Å². The third-order valence-corrected chi connectivity index (χ3v) is 3.50. The van der Waals surface area contributed by atoms with Crippen LogP contribution in [0.2, 0.25) is 0 Å². The standard InChI is InChI=1S/C19H20N2O5/c1-20-19(24)14-6-8-15(9-7-14)21-17(22)12-26-18(23)11-13-4-3-5-16(10-13)25-2/h3-10H,11-12H2,1-2H3,(H,20,24)(H,21,22). The van der Waals surface area contributed by atoms with Crippen molar-refractivity contribution in [1.82, 2.24) is 5.32 Å². The molecule has 7 heteroatoms. The van der Waals surface area contributed by atoms with Gasteiger partial charge in [0, 0.05) is 18.3 Å². The van der Waals surface area contributed by atoms with E-state index in [1.54, 1.807) is 55.6 Å². The summed E-state index contributed by atoms with van der Waals surface area (Å²) >= 11 is 0. The van der Waals surface area contributed by atoms with Crippen LogP contribution >= 0.6 is 0 Å². The molecule has 7 nitrogen and oxygen atoms in total. The minimum absolute atomic E-state index is 0.0469. The maximum Gasteiger partial charge on any atom is 0.310 e. The molecule has 0 spiro atoms. The average molecular weight is 356 g/mol. The average Bonchev–Trinajstić information content (AvgIpc) is 2.66. The molecule has 2 amide bonds. The SMILES string of the molecule is CNC(=O)c1ccc(NC(=O)COC(=O)Cc2cccc(OC)c2)cc1. The van der Waals surface area contributed by atoms with E-state index < -0.39 is 11.9 Å². The number of carbonyl (C=O) groups is 3. The normalized spacial score (nSPS) is 9.92. The van der Waals surface area contributed by atoms with Crippen LogP contribution in [0.15, 0.2) is 48.5 Å². The summed E-state index contributed by atoms with van der Waals surface area (Å²) in [5.41, 5.74) is 1.72. The summed E-state index contributed by atoms with van der Waals surface area (Å²) in [4.78, 5) is 35.1. The molecular formula is C19H20N2O5. The van der Waals surface area contributed by atoms with Crippen LogP contribution in [0, 0.1) is 0 Å². The molecule has 0 bridgehead atoms. The lowest BCUT2D eigenvalue weighted by Gasteiger charge is -2.08. The van der Waals surface area contributed by atoms with Gasteiger partial charge in [-0.15, -0.1) is 0 Å². The molecule has 0 aliphatic rings. The number of amides is 2. The zero-order valence-corrected chi connectivity index (χ0v) is 14.6. The number of nitrogens with one attached hydrogen (secondary N) is 2. The van der Waals surface area contributed by atoms with Gasteiger partial charge in [0.15, 0.2) is 6.61 Å². The largest absolute Gasteiger partial charge is 0.497 e. The predicted molar refractivity (Wildman–Crippen MR) is 96.1 cm³/mol. The lowest BCUT2D eigenvalue weighted by Crippen LogP contribution is -2.22. The number of rotatable bonds is 7. The summed E-state index contributed by atoms with van der Waals surface area (Å²) in [6.07, 6.45) is 0.0469. The first-order valence-corrected chi connectivity index (χ1v) is 7.92. The van der Waals surface area contributed by atoms with Crippen molar-refractivity contribution in [3.63, 3.8) is 0 Å². The highest BCUT2D eigenvalue weighted by molar-refractivity contribution is 5.96. The van der Waals surface area contributed by atoms with Gasteiger partial charge in [-0.05, 0) is 42.0 Å². The summed E-state index contributed by atoms with van der Waals surface area (Å²) in [7, 11) is 3.08. The van der Waals surface area contributed by atoms with Crippen molar-refractivity contribution >= 4 is 23.5 Å². The van der Waals surface area contributed by atoms with Crippen molar-refractivity contribution in [1.29, 1.82) is 0 Å². The molecule has 0 atom stereocenters. The minimum atomic E-state index is -0.511. The van der Waals surface area contributed by atoms with Crippen molar-refractivity contribution in [2.24, 2.45) is 0 Å². The molecule has 0 aromatic heterocycles. The fraction of sp³-hybridized carbons (Fsp3) is 0.211. The molecule has 0 heterocycles. The molecule has 2 rings (SSSR count). The second-order valence-corrected chi connectivity index (χ2v) is 5.39. The Morgan fingerprint density at radius 1 is 1.04 bits per heavy atom. The van der Waals surface area contributed by atoms with Crippen LogP contribution in [0.5, 0.6) is 5.75 Å². The van der Waals surface area contributed by atoms with Gasteiger partial charge in [-0.25, -0.2) is 0 Å². The van der Waals surface area contributed by atoms with E-state index >= 15 is 0 Å². The molecule has 2 aromatic rings. The molecule has 2 aromatic carbocycles. The Morgan fingerprint density at radius 3 is 2.42 bits per heavy atom. The maximum atomic E-state index is 11.9. The summed E-state index contributed by atoms with van der Waals surface area (Å²) in [6.45, 7) is -0.389. The van der Waals surface area contributed by atoms with E-state index in [1.165, 1.54) is 7.05 Å². The highest BCUT2D eigenvalue weighted by Crippen LogP contribution is 2.13. The van der Waals surface area contributed by atoms with Crippen molar-refractivity contribution in [2.75, 3.05) is 26.1 Å². The number of hydrogen-bond donors (Lipinski definition) is 2. The second kappa shape index (κ2) is 9.22. The first-order chi connectivity index (χ1) is 12.5. The summed E-state index contributed by atoms with van der Waals surface area (Å²) in [5, 5.41) is 5.11. The maximum absolute atomic E-state index is 11.9. The van der Waals surface area contributed by atoms with Crippen molar-refractivity contribution in [3.8, 4) is 5.75 Å². The van der Waals surface area contributed by atoms with Crippen LogP contribution in [-0.2, 0) is 20.7 Å². The molecule has 2 N–H and O–H groups in total. The molecule has 136 valence electrons. The van der Waals surface area contributed by atoms with Gasteiger partial charge < -0.3 is 20.1 Å². The third-order valence-electron chi connectivity index (χ3n) is 3.50. The second-order valence-electron chi connectivity index (χ2n) is 5.39. The number of anilines is 1. The summed E-state index contributed by atoms with van der Waals surface area (Å²) in [6, 6.07) is 13.4. The number of esters is 1. The van der Waals surface area contributed by atoms with E-state index in [0.29, 0.717) is 17.0 Å². The first-order valence-electron chi connectivity index (χ1n) is 7.92. The quantitative estimate of drug-likeness (QED) is 0.738. The van der Waals surface area contributed by atoms with Crippen LogP contribution in [0.3, 0.4) is 0 Å². The minimum Gasteiger partial charge on any atom is -0.497 e. The van der Waals surface area contributed by atoms with Gasteiger partial charge in [-0.1, -0.05) is 12.1 Å². The highest BCUT2D eigenvalue weighted by Gasteiger charge is 2.10. The van der Waals surface area contributed by atoms with Crippen LogP contribution in [0.1, 0.15) is 15.9 Å². The van der Waals surface area contributed by atoms with Crippen molar-refractivity contribution in [3.05, 3.63) is 59.7 Å². The number of ether oxygens (including phenoxy) is 2. The Kier molecular flexibility index (Phi) is 6.73. The topological polar surface area (TPSA) is 93.7 Å². The Balaban J connectivity index is 1.80. The van der Waals surface area contributed by atoms with Gasteiger partial charge in [-0.2, -0.15) is 0 Å². The monoisotopic (exact) mass is 356 g/mol. The molecule has 0 fully saturated rings. The molecule has 0 saturated carbocycles. The van der Waals surface area contributed by atoms with E-state index in [-0.39, 0.29) is 18.9 Å². The summed E-state index contributed by atoms with van der Waals surface area (Å²) < 4.78 is 10.1. The van der Waals surface area contributed by atoms with Gasteiger partial charge in [0.1, 0.15) is 5.75 Å². The van der Waals surface area contributed by atoms with E-state index in [0.717, 1.165) is 5.56 Å². The fourth-order valence-electron chi connectivity index (χ4n) is 2.19. The third kappa shape index (κ3) is 5.62. The smallest absolute Gasteiger partial charge is 0.310 e. The Bertz CT molecular complexity index is 787. The fourth-order valence-corrected chi connectivity index (χ4v) is 2.19. The van der Waals surface area contributed by atoms with E-state index in [4.69, 9.17) is 9.47 Å². The number of carbonyl (C=O) groups excluding carboxylic acids is 3. The summed E-state index contributed by atoms with van der Waals surface area (Å²) in [5.74, 6) is -0.539. The highest BCUT2D eigenvalue weighted by atomic mass is 16.5. The van der Waals surface area contributed by atoms with Gasteiger partial charge in [0.05, 0.1) is 13.5 Å². The van der Waals surface area contributed by atoms with Crippen molar-refractivity contribution in [2.45, 2.75) is 6.42 Å². The van der Waals surface area contributed by atoms with Crippen LogP contribution in [0.4, 0.5) is 5.69 Å². The molecule has 0 aliphatic heterocycles. The molecule has 0 radical (unpaired) electrons. The predicted octanol–water partition coefficient (Wildman–Crippen LogP) is 1.78. The van der Waals surface area contributed by atoms with Gasteiger partial charge in [0.25, 0.3) is 11.8 Å². The first kappa shape index (κ1) is 19.0. The molecule has 0 aliphatic carbocycles. The van der Waals surface area contributed by atoms with Gasteiger partial charge >= 0.3 is 5.97 Å². The van der Waals surface area contributed by atoms with Crippen LogP contribution in [-0.4, -0.2) is 38.5 Å². The lowest BCUT2D eigenvalue weighted by molar-refractivity contribution is -0.146. The van der Waals surface area contributed by atoms with Crippen LogP contribution in [0.25, 0.3) is 0 Å². The van der Waals surface area contributed by atoms with Crippen LogP contribution < -0.4 is 15.4 Å². The number of benzene rings is 2. The molecule has 0 saturated heterocycles. The Hall–Kier alpha value is -3.35. The molecular weight excluding hydrogens is 336 g/mol. The van der Waals surface area contributed by atoms with E-state index in [1.807, 2.05) is 0 Å². The van der Waals surface area contributed by atoms with Crippen molar-refractivity contribution < 1.29 is 23.9 Å². The Morgan fingerprint density at radius 2 is 1.77 bits per heavy atom. The Labute approximate surface area is 151 Å². The van der Waals surface area contributed by atoms with Gasteiger partial charge in [0.2, 0.25) is 0 Å². The zero-order valence-electron chi connectivity index (χ0n) is 14.6. The number of methoxy groups -OCH3 is 1. The van der Waals surface area contributed by atoms with E-state index in [2.05, 4.69) is 10.6 Å². The molecule has 26 heavy (non-hydrogen) atoms.